The van der Waals surface area contributed by atoms with Gasteiger partial charge in [0.05, 0.1) is 11.3 Å². The number of oxime groups is 1. The van der Waals surface area contributed by atoms with E-state index in [2.05, 4.69) is 17.1 Å². The van der Waals surface area contributed by atoms with E-state index < -0.39 is 0 Å². The van der Waals surface area contributed by atoms with Crippen molar-refractivity contribution in [2.75, 3.05) is 6.61 Å². The molecule has 0 radical (unpaired) electrons. The molecule has 134 valence electrons. The first-order valence-electron chi connectivity index (χ1n) is 8.71. The zero-order chi connectivity index (χ0) is 18.2. The van der Waals surface area contributed by atoms with E-state index >= 15 is 0 Å². The summed E-state index contributed by atoms with van der Waals surface area (Å²) in [6.45, 7) is 11.9. The summed E-state index contributed by atoms with van der Waals surface area (Å²) < 4.78 is 0. The van der Waals surface area contributed by atoms with Crippen molar-refractivity contribution in [2.45, 2.75) is 66.2 Å². The molecule has 0 heterocycles. The fourth-order valence-corrected chi connectivity index (χ4v) is 2.84. The Bertz CT molecular complexity index is 545. The van der Waals surface area contributed by atoms with Gasteiger partial charge in [0.15, 0.2) is 5.78 Å². The number of nitrogens with one attached hydrogen (secondary N) is 1. The largest absolute Gasteiger partial charge is 0.391 e. The summed E-state index contributed by atoms with van der Waals surface area (Å²) in [6, 6.07) is 0. The Morgan fingerprint density at radius 2 is 1.96 bits per heavy atom. The molecule has 0 aromatic heterocycles. The van der Waals surface area contributed by atoms with Crippen molar-refractivity contribution in [3.63, 3.8) is 0 Å². The van der Waals surface area contributed by atoms with Crippen molar-refractivity contribution in [3.05, 3.63) is 23.9 Å². The maximum Gasteiger partial charge on any atom is 0.224 e. The van der Waals surface area contributed by atoms with Crippen LogP contribution in [-0.4, -0.2) is 24.0 Å². The highest BCUT2D eigenvalue weighted by Gasteiger charge is 2.35. The maximum atomic E-state index is 12.7. The SMILES string of the molecule is C=CCO/N=C(/CCC)C1=C(NC(=O)CCC)CC(C)(C)CC1=O. The molecule has 1 aliphatic carbocycles. The molecule has 0 aromatic rings. The lowest BCUT2D eigenvalue weighted by molar-refractivity contribution is -0.120. The van der Waals surface area contributed by atoms with Gasteiger partial charge < -0.3 is 10.2 Å². The van der Waals surface area contributed by atoms with Gasteiger partial charge in [-0.25, -0.2) is 0 Å². The minimum atomic E-state index is -0.172. The molecule has 0 fully saturated rings. The third-order valence-corrected chi connectivity index (χ3v) is 3.78. The Morgan fingerprint density at radius 3 is 2.54 bits per heavy atom. The van der Waals surface area contributed by atoms with Gasteiger partial charge in [0.2, 0.25) is 5.91 Å². The number of hydrogen-bond acceptors (Lipinski definition) is 4. The van der Waals surface area contributed by atoms with Crippen molar-refractivity contribution in [3.8, 4) is 0 Å². The number of nitrogens with zero attached hydrogens (tertiary/aromatic N) is 1. The second-order valence-corrected chi connectivity index (χ2v) is 6.97. The number of carbonyl (C=O) groups is 2. The summed E-state index contributed by atoms with van der Waals surface area (Å²) in [5.74, 6) is -0.0363. The van der Waals surface area contributed by atoms with Crippen LogP contribution >= 0.6 is 0 Å². The van der Waals surface area contributed by atoms with E-state index in [0.717, 1.165) is 12.8 Å². The first-order chi connectivity index (χ1) is 11.3. The van der Waals surface area contributed by atoms with Gasteiger partial charge in [-0.05, 0) is 24.7 Å². The van der Waals surface area contributed by atoms with Gasteiger partial charge in [0, 0.05) is 18.5 Å². The van der Waals surface area contributed by atoms with Gasteiger partial charge in [0.1, 0.15) is 6.61 Å². The Kier molecular flexibility index (Phi) is 7.89. The van der Waals surface area contributed by atoms with Crippen molar-refractivity contribution in [1.29, 1.82) is 0 Å². The number of hydrogen-bond donors (Lipinski definition) is 1. The summed E-state index contributed by atoms with van der Waals surface area (Å²) in [4.78, 5) is 30.0. The van der Waals surface area contributed by atoms with Crippen LogP contribution in [0.15, 0.2) is 29.1 Å². The smallest absolute Gasteiger partial charge is 0.224 e. The van der Waals surface area contributed by atoms with Crippen LogP contribution in [0.3, 0.4) is 0 Å². The molecule has 0 bridgehead atoms. The summed E-state index contributed by atoms with van der Waals surface area (Å²) in [7, 11) is 0. The minimum absolute atomic E-state index is 0.0208. The first-order valence-corrected chi connectivity index (χ1v) is 8.71. The van der Waals surface area contributed by atoms with E-state index in [-0.39, 0.29) is 23.7 Å². The van der Waals surface area contributed by atoms with Gasteiger partial charge in [-0.3, -0.25) is 9.59 Å². The van der Waals surface area contributed by atoms with Gasteiger partial charge in [-0.15, -0.1) is 0 Å². The fourth-order valence-electron chi connectivity index (χ4n) is 2.84. The third kappa shape index (κ3) is 5.95. The number of rotatable bonds is 9. The van der Waals surface area contributed by atoms with Gasteiger partial charge in [-0.1, -0.05) is 51.9 Å². The molecule has 5 heteroatoms. The van der Waals surface area contributed by atoms with Crippen LogP contribution in [0.1, 0.15) is 66.2 Å². The molecule has 1 N–H and O–H groups in total. The lowest BCUT2D eigenvalue weighted by Crippen LogP contribution is -2.36. The fraction of sp³-hybridized carbons (Fsp3) is 0.632. The highest BCUT2D eigenvalue weighted by atomic mass is 16.6. The van der Waals surface area contributed by atoms with E-state index in [9.17, 15) is 9.59 Å². The van der Waals surface area contributed by atoms with E-state index in [1.54, 1.807) is 6.08 Å². The lowest BCUT2D eigenvalue weighted by atomic mass is 9.74. The van der Waals surface area contributed by atoms with Gasteiger partial charge >= 0.3 is 0 Å². The van der Waals surface area contributed by atoms with Crippen LogP contribution in [0, 0.1) is 5.41 Å². The molecule has 24 heavy (non-hydrogen) atoms. The van der Waals surface area contributed by atoms with E-state index in [1.165, 1.54) is 0 Å². The van der Waals surface area contributed by atoms with Gasteiger partial charge in [0.25, 0.3) is 0 Å². The standard InChI is InChI=1S/C19H30N2O3/c1-6-9-14(21-24-11-8-3)18-15(20-17(23)10-7-2)12-19(4,5)13-16(18)22/h8H,3,6-7,9-13H2,1-2,4-5H3,(H,20,23)/b21-14-. The average molecular weight is 334 g/mol. The summed E-state index contributed by atoms with van der Waals surface area (Å²) in [5, 5.41) is 7.09. The maximum absolute atomic E-state index is 12.7. The Morgan fingerprint density at radius 1 is 1.29 bits per heavy atom. The molecule has 0 spiro atoms. The van der Waals surface area contributed by atoms with Crippen LogP contribution in [0.25, 0.3) is 0 Å². The molecule has 5 nitrogen and oxygen atoms in total. The average Bonchev–Trinajstić information content (AvgIpc) is 2.45. The number of Topliss-reactive ketones (excluding diaryl/α,β-unsaturated/α-hetero) is 1. The predicted octanol–water partition coefficient (Wildman–Crippen LogP) is 3.90. The minimum Gasteiger partial charge on any atom is -0.391 e. The molecule has 0 saturated heterocycles. The molecule has 0 aliphatic heterocycles. The highest BCUT2D eigenvalue weighted by Crippen LogP contribution is 2.36. The summed E-state index contributed by atoms with van der Waals surface area (Å²) in [6.07, 6.45) is 5.38. The molecule has 0 aromatic carbocycles. The molecule has 1 rings (SSSR count). The number of amides is 1. The molecule has 0 saturated carbocycles. The lowest BCUT2D eigenvalue weighted by Gasteiger charge is -2.32. The second-order valence-electron chi connectivity index (χ2n) is 6.97. The summed E-state index contributed by atoms with van der Waals surface area (Å²) >= 11 is 0. The van der Waals surface area contributed by atoms with E-state index in [4.69, 9.17) is 4.84 Å². The molecular weight excluding hydrogens is 304 g/mol. The zero-order valence-corrected chi connectivity index (χ0v) is 15.4. The van der Waals surface area contributed by atoms with Crippen LogP contribution in [-0.2, 0) is 14.4 Å². The van der Waals surface area contributed by atoms with Gasteiger partial charge in [-0.2, -0.15) is 0 Å². The summed E-state index contributed by atoms with van der Waals surface area (Å²) in [5.41, 5.74) is 1.66. The van der Waals surface area contributed by atoms with Crippen molar-refractivity contribution < 1.29 is 14.4 Å². The van der Waals surface area contributed by atoms with Crippen molar-refractivity contribution in [2.24, 2.45) is 10.6 Å². The van der Waals surface area contributed by atoms with Crippen LogP contribution in [0.5, 0.6) is 0 Å². The van der Waals surface area contributed by atoms with Crippen molar-refractivity contribution in [1.82, 2.24) is 5.32 Å². The molecule has 1 amide bonds. The van der Waals surface area contributed by atoms with E-state index in [1.807, 2.05) is 27.7 Å². The van der Waals surface area contributed by atoms with Crippen LogP contribution in [0.4, 0.5) is 0 Å². The number of ketones is 1. The quantitative estimate of drug-likeness (QED) is 0.301. The Labute approximate surface area is 145 Å². The molecule has 0 atom stereocenters. The normalized spacial score (nSPS) is 17.7. The predicted molar refractivity (Wildman–Crippen MR) is 96.6 cm³/mol. The molecule has 0 unspecified atom stereocenters. The van der Waals surface area contributed by atoms with E-state index in [0.29, 0.717) is 42.7 Å². The van der Waals surface area contributed by atoms with Crippen molar-refractivity contribution >= 4 is 17.4 Å². The van der Waals surface area contributed by atoms with Crippen LogP contribution < -0.4 is 5.32 Å². The van der Waals surface area contributed by atoms with Crippen LogP contribution in [0.2, 0.25) is 0 Å². The third-order valence-electron chi connectivity index (χ3n) is 3.78. The molecule has 1 aliphatic rings. The Balaban J connectivity index is 3.25. The second kappa shape index (κ2) is 9.40. The monoisotopic (exact) mass is 334 g/mol. The zero-order valence-electron chi connectivity index (χ0n) is 15.4. The molecular formula is C19H30N2O3. The Hall–Kier alpha value is -1.91. The highest BCUT2D eigenvalue weighted by molar-refractivity contribution is 6.23. The first kappa shape index (κ1) is 20.1. The number of allylic oxidation sites excluding steroid dienone is 2. The number of carbonyl (C=O) groups excluding carboxylic acids is 2. The topological polar surface area (TPSA) is 67.8 Å².